The molecule has 12 heteroatoms. The number of hydrogen-bond donors (Lipinski definition) is 1. The molecule has 3 aliphatic heterocycles. The maximum atomic E-state index is 15.9. The molecule has 50 heavy (non-hydrogen) atoms. The number of hydrogen-bond acceptors (Lipinski definition) is 7. The molecule has 1 unspecified atom stereocenters. The molecule has 0 spiro atoms. The van der Waals surface area contributed by atoms with Gasteiger partial charge in [-0.3, -0.25) is 24.1 Å². The molecule has 3 aliphatic rings. The Balaban J connectivity index is 1.06. The Morgan fingerprint density at radius 1 is 0.960 bits per heavy atom. The summed E-state index contributed by atoms with van der Waals surface area (Å²) >= 11 is 1.48. The van der Waals surface area contributed by atoms with Crippen LogP contribution < -0.4 is 10.6 Å². The Morgan fingerprint density at radius 2 is 1.70 bits per heavy atom. The largest absolute Gasteiger partial charge is 0.369 e. The lowest BCUT2D eigenvalue weighted by Gasteiger charge is -2.37. The van der Waals surface area contributed by atoms with Gasteiger partial charge in [0.2, 0.25) is 11.8 Å². The monoisotopic (exact) mass is 699 g/mol. The van der Waals surface area contributed by atoms with Crippen molar-refractivity contribution < 1.29 is 14.0 Å². The van der Waals surface area contributed by atoms with Crippen LogP contribution in [0.5, 0.6) is 0 Å². The van der Waals surface area contributed by atoms with E-state index in [1.807, 2.05) is 40.4 Å². The SMILES string of the molecule is CC(C)(C)CCN1C(=O)[C@@H](CC(=O)N2CCC(n3c(=O)[nH]c4ncccc43)CC2)SC1c1cccc(F)c1N1CCC(c2ccncc2)CC1. The van der Waals surface area contributed by atoms with Gasteiger partial charge in [-0.1, -0.05) is 32.9 Å². The molecule has 1 N–H and O–H groups in total. The summed E-state index contributed by atoms with van der Waals surface area (Å²) in [6, 6.07) is 13.0. The zero-order valence-electron chi connectivity index (χ0n) is 29.1. The summed E-state index contributed by atoms with van der Waals surface area (Å²) in [5.41, 5.74) is 3.78. The van der Waals surface area contributed by atoms with Crippen LogP contribution in [0.15, 0.2) is 65.8 Å². The average Bonchev–Trinajstić information content (AvgIpc) is 3.62. The highest BCUT2D eigenvalue weighted by Gasteiger charge is 2.44. The smallest absolute Gasteiger partial charge is 0.327 e. The molecule has 4 aromatic rings. The van der Waals surface area contributed by atoms with E-state index < -0.39 is 5.25 Å². The van der Waals surface area contributed by atoms with Gasteiger partial charge in [-0.15, -0.1) is 11.8 Å². The van der Waals surface area contributed by atoms with Gasteiger partial charge in [0.1, 0.15) is 11.2 Å². The van der Waals surface area contributed by atoms with Crippen molar-refractivity contribution in [2.45, 2.75) is 81.9 Å². The van der Waals surface area contributed by atoms with E-state index in [9.17, 15) is 14.4 Å². The van der Waals surface area contributed by atoms with Gasteiger partial charge in [0.25, 0.3) is 0 Å². The number of H-pyrrole nitrogens is 1. The third-order valence-corrected chi connectivity index (χ3v) is 12.0. The van der Waals surface area contributed by atoms with Crippen molar-refractivity contribution >= 4 is 40.4 Å². The number of pyridine rings is 2. The minimum absolute atomic E-state index is 0.00380. The van der Waals surface area contributed by atoms with Gasteiger partial charge >= 0.3 is 5.69 Å². The Bertz CT molecular complexity index is 1890. The highest BCUT2D eigenvalue weighted by molar-refractivity contribution is 8.01. The molecule has 0 radical (unpaired) electrons. The van der Waals surface area contributed by atoms with Gasteiger partial charge in [0.05, 0.1) is 16.5 Å². The van der Waals surface area contributed by atoms with Crippen LogP contribution in [-0.4, -0.2) is 79.1 Å². The predicted molar refractivity (Wildman–Crippen MR) is 195 cm³/mol. The standard InChI is InChI=1S/C38H46FN7O3S/c1-38(2,3)15-23-45-35(48)31(24-32(47)43-21-13-27(14-22-43)46-30-8-5-16-41-34(30)42-37(46)49)50-36(45)28-6-4-7-29(39)33(28)44-19-11-26(12-20-44)25-9-17-40-18-10-25/h4-10,16-18,26-27,31,36H,11-15,19-24H2,1-3H3,(H,41,42,49)/t31-,36?/m1/s1. The molecule has 0 bridgehead atoms. The fourth-order valence-electron chi connectivity index (χ4n) is 7.77. The van der Waals surface area contributed by atoms with Crippen molar-refractivity contribution in [1.82, 2.24) is 29.3 Å². The van der Waals surface area contributed by atoms with E-state index in [-0.39, 0.29) is 46.6 Å². The molecule has 3 saturated heterocycles. The molecule has 7 rings (SSSR count). The van der Waals surface area contributed by atoms with Crippen molar-refractivity contribution in [3.63, 3.8) is 0 Å². The van der Waals surface area contributed by atoms with E-state index in [1.165, 1.54) is 23.4 Å². The maximum Gasteiger partial charge on any atom is 0.327 e. The van der Waals surface area contributed by atoms with Gasteiger partial charge in [0, 0.05) is 69.3 Å². The summed E-state index contributed by atoms with van der Waals surface area (Å²) in [7, 11) is 0. The number of piperidine rings is 2. The van der Waals surface area contributed by atoms with Crippen LogP contribution in [-0.2, 0) is 9.59 Å². The second kappa shape index (κ2) is 14.2. The number of imidazole rings is 1. The number of nitrogens with zero attached hydrogens (tertiary/aromatic N) is 6. The van der Waals surface area contributed by atoms with E-state index in [2.05, 4.69) is 52.8 Å². The fraction of sp³-hybridized carbons (Fsp3) is 0.500. The summed E-state index contributed by atoms with van der Waals surface area (Å²) < 4.78 is 17.6. The van der Waals surface area contributed by atoms with Gasteiger partial charge in [-0.2, -0.15) is 0 Å². The summed E-state index contributed by atoms with van der Waals surface area (Å²) in [6.45, 7) is 9.44. The first-order valence-corrected chi connectivity index (χ1v) is 18.7. The summed E-state index contributed by atoms with van der Waals surface area (Å²) in [5.74, 6) is 0.00499. The molecule has 264 valence electrons. The summed E-state index contributed by atoms with van der Waals surface area (Å²) in [5, 5.41) is -0.944. The second-order valence-electron chi connectivity index (χ2n) is 15.0. The van der Waals surface area contributed by atoms with Crippen molar-refractivity contribution in [3.05, 3.63) is 88.5 Å². The number of rotatable bonds is 8. The van der Waals surface area contributed by atoms with E-state index in [0.29, 0.717) is 62.8 Å². The van der Waals surface area contributed by atoms with E-state index in [4.69, 9.17) is 0 Å². The van der Waals surface area contributed by atoms with Gasteiger partial charge < -0.3 is 14.7 Å². The molecular formula is C38H46FN7O3S. The molecule has 0 aliphatic carbocycles. The minimum atomic E-state index is -0.555. The molecule has 2 atom stereocenters. The highest BCUT2D eigenvalue weighted by Crippen LogP contribution is 2.49. The number of anilines is 1. The number of halogens is 1. The zero-order valence-corrected chi connectivity index (χ0v) is 29.9. The molecule has 2 amide bonds. The fourth-order valence-corrected chi connectivity index (χ4v) is 9.26. The van der Waals surface area contributed by atoms with Crippen LogP contribution in [0.3, 0.4) is 0 Å². The van der Waals surface area contributed by atoms with Gasteiger partial charge in [-0.05, 0) is 79.3 Å². The zero-order chi connectivity index (χ0) is 35.0. The molecule has 0 saturated carbocycles. The molecule has 3 fully saturated rings. The predicted octanol–water partition coefficient (Wildman–Crippen LogP) is 6.28. The van der Waals surface area contributed by atoms with Crippen LogP contribution in [0.2, 0.25) is 0 Å². The first-order valence-electron chi connectivity index (χ1n) is 17.8. The number of aromatic nitrogens is 4. The van der Waals surface area contributed by atoms with Crippen LogP contribution in [0.25, 0.3) is 11.2 Å². The molecular weight excluding hydrogens is 654 g/mol. The average molecular weight is 700 g/mol. The molecule has 1 aromatic carbocycles. The van der Waals surface area contributed by atoms with Crippen LogP contribution in [0.4, 0.5) is 10.1 Å². The molecule has 6 heterocycles. The van der Waals surface area contributed by atoms with Crippen molar-refractivity contribution in [3.8, 4) is 0 Å². The molecule has 3 aromatic heterocycles. The minimum Gasteiger partial charge on any atom is -0.369 e. The number of para-hydroxylation sites is 1. The number of likely N-dealkylation sites (tertiary alicyclic amines) is 1. The lowest BCUT2D eigenvalue weighted by Crippen LogP contribution is -2.42. The van der Waals surface area contributed by atoms with Gasteiger partial charge in [0.15, 0.2) is 5.65 Å². The number of aromatic amines is 1. The number of carbonyl (C=O) groups excluding carboxylic acids is 2. The quantitative estimate of drug-likeness (QED) is 0.231. The first kappa shape index (κ1) is 34.3. The third-order valence-electron chi connectivity index (χ3n) is 10.5. The topological polar surface area (TPSA) is 107 Å². The Morgan fingerprint density at radius 3 is 2.42 bits per heavy atom. The van der Waals surface area contributed by atoms with Crippen LogP contribution in [0, 0.1) is 11.2 Å². The number of benzene rings is 1. The summed E-state index contributed by atoms with van der Waals surface area (Å²) in [6.07, 6.45) is 9.28. The number of fused-ring (bicyclic) bond motifs is 1. The number of carbonyl (C=O) groups is 2. The van der Waals surface area contributed by atoms with Crippen molar-refractivity contribution in [2.24, 2.45) is 5.41 Å². The number of thioether (sulfide) groups is 1. The van der Waals surface area contributed by atoms with Crippen LogP contribution >= 0.6 is 11.8 Å². The van der Waals surface area contributed by atoms with Crippen LogP contribution in [0.1, 0.15) is 87.8 Å². The Hall–Kier alpha value is -4.19. The first-order chi connectivity index (χ1) is 24.1. The second-order valence-corrected chi connectivity index (χ2v) is 16.3. The Kier molecular flexibility index (Phi) is 9.74. The maximum absolute atomic E-state index is 15.9. The normalized spacial score (nSPS) is 21.0. The number of nitrogens with one attached hydrogen (secondary N) is 1. The van der Waals surface area contributed by atoms with Crippen molar-refractivity contribution in [1.29, 1.82) is 0 Å². The van der Waals surface area contributed by atoms with Gasteiger partial charge in [-0.25, -0.2) is 14.2 Å². The lowest BCUT2D eigenvalue weighted by atomic mass is 9.89. The molecule has 10 nitrogen and oxygen atoms in total. The highest BCUT2D eigenvalue weighted by atomic mass is 32.2. The lowest BCUT2D eigenvalue weighted by molar-refractivity contribution is -0.136. The number of amides is 2. The van der Waals surface area contributed by atoms with E-state index in [0.717, 1.165) is 30.3 Å². The van der Waals surface area contributed by atoms with E-state index >= 15 is 4.39 Å². The van der Waals surface area contributed by atoms with E-state index in [1.54, 1.807) is 16.8 Å². The summed E-state index contributed by atoms with van der Waals surface area (Å²) in [4.78, 5) is 57.8. The van der Waals surface area contributed by atoms with Crippen molar-refractivity contribution in [2.75, 3.05) is 37.6 Å². The third kappa shape index (κ3) is 7.04. The Labute approximate surface area is 296 Å².